The van der Waals surface area contributed by atoms with E-state index in [1.165, 1.54) is 6.20 Å². The third-order valence-electron chi connectivity index (χ3n) is 1.62. The standard InChI is InChI=1S/C9H8N2O2.Li/c10-5-4-7(9(12)13)8-3-1-2-6-11-8;/h1-3,6-7H,4H2,(H,12,13);/q;+1/p-1. The van der Waals surface area contributed by atoms with Gasteiger partial charge in [-0.05, 0) is 12.1 Å². The van der Waals surface area contributed by atoms with E-state index in [0.29, 0.717) is 5.69 Å². The second kappa shape index (κ2) is 6.21. The first-order valence-corrected chi connectivity index (χ1v) is 3.74. The molecule has 1 aromatic heterocycles. The number of aliphatic carboxylic acids is 1. The molecule has 0 aliphatic rings. The van der Waals surface area contributed by atoms with E-state index in [-0.39, 0.29) is 25.3 Å². The van der Waals surface area contributed by atoms with E-state index < -0.39 is 11.9 Å². The van der Waals surface area contributed by atoms with Crippen LogP contribution in [-0.4, -0.2) is 11.0 Å². The summed E-state index contributed by atoms with van der Waals surface area (Å²) in [4.78, 5) is 14.4. The van der Waals surface area contributed by atoms with Crippen LogP contribution in [0.5, 0.6) is 0 Å². The van der Waals surface area contributed by atoms with Crippen LogP contribution in [0.4, 0.5) is 0 Å². The van der Waals surface area contributed by atoms with Crippen molar-refractivity contribution in [1.82, 2.24) is 4.98 Å². The molecule has 1 unspecified atom stereocenters. The fraction of sp³-hybridized carbons (Fsp3) is 0.222. The molecule has 0 aliphatic carbocycles. The molecule has 14 heavy (non-hydrogen) atoms. The number of rotatable bonds is 3. The molecule has 0 amide bonds. The van der Waals surface area contributed by atoms with Crippen molar-refractivity contribution in [3.8, 4) is 6.07 Å². The fourth-order valence-corrected chi connectivity index (χ4v) is 0.982. The molecule has 4 nitrogen and oxygen atoms in total. The average Bonchev–Trinajstić information content (AvgIpc) is 2.15. The summed E-state index contributed by atoms with van der Waals surface area (Å²) in [5, 5.41) is 19.0. The van der Waals surface area contributed by atoms with E-state index in [0.717, 1.165) is 0 Å². The van der Waals surface area contributed by atoms with Gasteiger partial charge in [-0.3, -0.25) is 4.98 Å². The minimum atomic E-state index is -1.26. The number of aromatic nitrogens is 1. The molecule has 0 spiro atoms. The van der Waals surface area contributed by atoms with Crippen molar-refractivity contribution in [2.75, 3.05) is 0 Å². The van der Waals surface area contributed by atoms with Crippen molar-refractivity contribution in [1.29, 1.82) is 5.26 Å². The summed E-state index contributed by atoms with van der Waals surface area (Å²) >= 11 is 0. The first kappa shape index (κ1) is 12.7. The van der Waals surface area contributed by atoms with Crippen molar-refractivity contribution < 1.29 is 28.8 Å². The van der Waals surface area contributed by atoms with Gasteiger partial charge in [0.1, 0.15) is 0 Å². The van der Waals surface area contributed by atoms with Gasteiger partial charge in [-0.15, -0.1) is 0 Å². The normalized spacial score (nSPS) is 10.8. The molecule has 1 atom stereocenters. The Morgan fingerprint density at radius 1 is 1.64 bits per heavy atom. The monoisotopic (exact) mass is 182 g/mol. The van der Waals surface area contributed by atoms with Gasteiger partial charge in [0.05, 0.1) is 23.7 Å². The molecule has 0 bridgehead atoms. The van der Waals surface area contributed by atoms with E-state index in [1.807, 2.05) is 0 Å². The van der Waals surface area contributed by atoms with Crippen LogP contribution in [0.3, 0.4) is 0 Å². The number of carboxylic acid groups (broad SMARTS) is 1. The first-order chi connectivity index (χ1) is 6.25. The minimum absolute atomic E-state index is 0. The molecule has 0 aliphatic heterocycles. The molecular weight excluding hydrogens is 175 g/mol. The molecule has 1 heterocycles. The van der Waals surface area contributed by atoms with Gasteiger partial charge in [-0.1, -0.05) is 6.07 Å². The van der Waals surface area contributed by atoms with Gasteiger partial charge in [0.2, 0.25) is 0 Å². The smallest absolute Gasteiger partial charge is 0.549 e. The van der Waals surface area contributed by atoms with E-state index in [4.69, 9.17) is 5.26 Å². The number of hydrogen-bond donors (Lipinski definition) is 0. The molecule has 0 saturated carbocycles. The van der Waals surface area contributed by atoms with Gasteiger partial charge in [0, 0.05) is 12.6 Å². The summed E-state index contributed by atoms with van der Waals surface area (Å²) in [7, 11) is 0. The van der Waals surface area contributed by atoms with Crippen molar-refractivity contribution in [2.45, 2.75) is 12.3 Å². The summed E-state index contributed by atoms with van der Waals surface area (Å²) in [5.74, 6) is -2.19. The zero-order valence-corrected chi connectivity index (χ0v) is 7.80. The number of hydrogen-bond acceptors (Lipinski definition) is 4. The average molecular weight is 182 g/mol. The van der Waals surface area contributed by atoms with Gasteiger partial charge in [-0.25, -0.2) is 0 Å². The number of pyridine rings is 1. The number of carbonyl (C=O) groups is 1. The summed E-state index contributed by atoms with van der Waals surface area (Å²) in [5.41, 5.74) is 0.365. The molecule has 5 heteroatoms. The van der Waals surface area contributed by atoms with Crippen LogP contribution in [0.2, 0.25) is 0 Å². The van der Waals surface area contributed by atoms with E-state index in [9.17, 15) is 9.90 Å². The molecule has 0 aromatic carbocycles. The Balaban J connectivity index is 0.00000169. The fourth-order valence-electron chi connectivity index (χ4n) is 0.982. The van der Waals surface area contributed by atoms with Crippen molar-refractivity contribution in [3.05, 3.63) is 30.1 Å². The third kappa shape index (κ3) is 3.22. The van der Waals surface area contributed by atoms with Crippen LogP contribution in [-0.2, 0) is 4.79 Å². The maximum Gasteiger partial charge on any atom is 1.00 e. The summed E-state index contributed by atoms with van der Waals surface area (Å²) in [6, 6.07) is 6.71. The quantitative estimate of drug-likeness (QED) is 0.462. The van der Waals surface area contributed by atoms with Gasteiger partial charge in [0.25, 0.3) is 0 Å². The number of nitriles is 1. The van der Waals surface area contributed by atoms with Crippen LogP contribution >= 0.6 is 0 Å². The summed E-state index contributed by atoms with van der Waals surface area (Å²) < 4.78 is 0. The summed E-state index contributed by atoms with van der Waals surface area (Å²) in [6.07, 6.45) is 1.38. The number of nitrogens with zero attached hydrogens (tertiary/aromatic N) is 2. The van der Waals surface area contributed by atoms with Gasteiger partial charge >= 0.3 is 18.9 Å². The Labute approximate surface area is 93.8 Å². The second-order valence-corrected chi connectivity index (χ2v) is 2.49. The predicted octanol–water partition coefficient (Wildman–Crippen LogP) is -3.17. The second-order valence-electron chi connectivity index (χ2n) is 2.49. The van der Waals surface area contributed by atoms with Crippen molar-refractivity contribution in [3.63, 3.8) is 0 Å². The minimum Gasteiger partial charge on any atom is -0.549 e. The Bertz CT molecular complexity index is 334. The van der Waals surface area contributed by atoms with Gasteiger partial charge in [-0.2, -0.15) is 5.26 Å². The van der Waals surface area contributed by atoms with Crippen LogP contribution in [0.25, 0.3) is 0 Å². The molecule has 0 N–H and O–H groups in total. The maximum absolute atomic E-state index is 10.6. The topological polar surface area (TPSA) is 76.8 Å². The Morgan fingerprint density at radius 2 is 2.36 bits per heavy atom. The molecule has 1 rings (SSSR count). The molecular formula is C9H7LiN2O2. The van der Waals surface area contributed by atoms with Crippen molar-refractivity contribution >= 4 is 5.97 Å². The summed E-state index contributed by atoms with van der Waals surface area (Å²) in [6.45, 7) is 0. The molecule has 0 saturated heterocycles. The Hall–Kier alpha value is -1.29. The largest absolute Gasteiger partial charge is 1.00 e. The van der Waals surface area contributed by atoms with E-state index >= 15 is 0 Å². The van der Waals surface area contributed by atoms with Gasteiger partial charge < -0.3 is 9.90 Å². The number of carbonyl (C=O) groups excluding carboxylic acids is 1. The number of carboxylic acids is 1. The van der Waals surface area contributed by atoms with Crippen LogP contribution in [0.1, 0.15) is 18.0 Å². The molecule has 0 fully saturated rings. The predicted molar refractivity (Wildman–Crippen MR) is 42.2 cm³/mol. The Kier molecular flexibility index (Phi) is 5.63. The van der Waals surface area contributed by atoms with Crippen LogP contribution < -0.4 is 24.0 Å². The zero-order chi connectivity index (χ0) is 9.68. The molecule has 66 valence electrons. The molecule has 1 aromatic rings. The molecule has 0 radical (unpaired) electrons. The SMILES string of the molecule is N#CCC(C(=O)[O-])c1ccccn1.[Li+]. The van der Waals surface area contributed by atoms with Gasteiger partial charge in [0.15, 0.2) is 0 Å². The van der Waals surface area contributed by atoms with Crippen LogP contribution in [0.15, 0.2) is 24.4 Å². The Morgan fingerprint density at radius 3 is 2.79 bits per heavy atom. The van der Waals surface area contributed by atoms with E-state index in [1.54, 1.807) is 24.3 Å². The van der Waals surface area contributed by atoms with Crippen LogP contribution in [0, 0.1) is 11.3 Å². The zero-order valence-electron chi connectivity index (χ0n) is 7.80. The first-order valence-electron chi connectivity index (χ1n) is 3.74. The van der Waals surface area contributed by atoms with Crippen molar-refractivity contribution in [2.24, 2.45) is 0 Å². The third-order valence-corrected chi connectivity index (χ3v) is 1.62. The van der Waals surface area contributed by atoms with E-state index in [2.05, 4.69) is 4.98 Å². The maximum atomic E-state index is 10.6.